The summed E-state index contributed by atoms with van der Waals surface area (Å²) in [6.07, 6.45) is -1.15. The minimum absolute atomic E-state index is 0.277. The first-order chi connectivity index (χ1) is 15.2. The summed E-state index contributed by atoms with van der Waals surface area (Å²) in [6, 6.07) is 8.89. The highest BCUT2D eigenvalue weighted by Gasteiger charge is 2.32. The van der Waals surface area contributed by atoms with Gasteiger partial charge in [0.2, 0.25) is 5.91 Å². The average Bonchev–Trinajstić information content (AvgIpc) is 3.33. The molecule has 1 amide bonds. The highest BCUT2D eigenvalue weighted by Crippen LogP contribution is 2.32. The molecule has 1 fully saturated rings. The van der Waals surface area contributed by atoms with Crippen LogP contribution in [0, 0.1) is 0 Å². The molecule has 0 bridgehead atoms. The third kappa shape index (κ3) is 4.36. The molecule has 0 N–H and O–H groups in total. The number of alkyl halides is 3. The third-order valence-electron chi connectivity index (χ3n) is 5.40. The largest absolute Gasteiger partial charge is 0.416 e. The van der Waals surface area contributed by atoms with Crippen LogP contribution in [0.1, 0.15) is 18.5 Å². The Morgan fingerprint density at radius 3 is 2.47 bits per heavy atom. The number of carbonyl (C=O) groups is 1. The van der Waals surface area contributed by atoms with Crippen molar-refractivity contribution in [2.75, 3.05) is 31.1 Å². The van der Waals surface area contributed by atoms with E-state index in [1.54, 1.807) is 36.4 Å². The summed E-state index contributed by atoms with van der Waals surface area (Å²) in [6.45, 7) is 3.02. The molecule has 168 valence electrons. The first kappa shape index (κ1) is 21.6. The molecule has 3 aromatic rings. The van der Waals surface area contributed by atoms with Crippen LogP contribution in [0.5, 0.6) is 0 Å². The van der Waals surface area contributed by atoms with Gasteiger partial charge in [0.15, 0.2) is 5.82 Å². The van der Waals surface area contributed by atoms with Gasteiger partial charge >= 0.3 is 6.18 Å². The topological polar surface area (TPSA) is 76.3 Å². The van der Waals surface area contributed by atoms with Crippen molar-refractivity contribution in [3.05, 3.63) is 70.8 Å². The molecule has 4 rings (SSSR count). The quantitative estimate of drug-likeness (QED) is 0.615. The van der Waals surface area contributed by atoms with E-state index in [4.69, 9.17) is 0 Å². The molecule has 32 heavy (non-hydrogen) atoms. The zero-order valence-corrected chi connectivity index (χ0v) is 17.2. The van der Waals surface area contributed by atoms with Crippen LogP contribution in [0.15, 0.2) is 59.7 Å². The summed E-state index contributed by atoms with van der Waals surface area (Å²) in [7, 11) is 0. The maximum atomic E-state index is 13.0. The highest BCUT2D eigenvalue weighted by molar-refractivity contribution is 5.80. The van der Waals surface area contributed by atoms with E-state index < -0.39 is 23.3 Å². The Balaban J connectivity index is 1.45. The zero-order chi connectivity index (χ0) is 22.9. The Morgan fingerprint density at radius 1 is 1.06 bits per heavy atom. The van der Waals surface area contributed by atoms with Crippen molar-refractivity contribution < 1.29 is 18.0 Å². The van der Waals surface area contributed by atoms with E-state index in [0.717, 1.165) is 16.8 Å². The van der Waals surface area contributed by atoms with Crippen LogP contribution in [-0.4, -0.2) is 56.5 Å². The number of hydrogen-bond acceptors (Lipinski definition) is 5. The Hall–Kier alpha value is -3.63. The van der Waals surface area contributed by atoms with Crippen LogP contribution in [0.25, 0.3) is 5.82 Å². The number of aromatic nitrogens is 4. The van der Waals surface area contributed by atoms with Crippen molar-refractivity contribution in [3.63, 3.8) is 0 Å². The number of carbonyl (C=O) groups excluding carboxylic acids is 1. The predicted molar refractivity (Wildman–Crippen MR) is 111 cm³/mol. The molecule has 3 heterocycles. The number of amides is 1. The number of hydrogen-bond donors (Lipinski definition) is 0. The van der Waals surface area contributed by atoms with E-state index in [9.17, 15) is 22.8 Å². The fourth-order valence-corrected chi connectivity index (χ4v) is 3.65. The fraction of sp³-hybridized carbons (Fsp3) is 0.333. The molecule has 1 atom stereocenters. The number of halogens is 3. The molecule has 8 nitrogen and oxygen atoms in total. The lowest BCUT2D eigenvalue weighted by atomic mass is 10.1. The van der Waals surface area contributed by atoms with Crippen LogP contribution in [-0.2, 0) is 11.0 Å². The molecule has 0 saturated carbocycles. The molecule has 0 radical (unpaired) electrons. The van der Waals surface area contributed by atoms with E-state index in [0.29, 0.717) is 37.7 Å². The fourth-order valence-electron chi connectivity index (χ4n) is 3.65. The highest BCUT2D eigenvalue weighted by atomic mass is 19.4. The van der Waals surface area contributed by atoms with Gasteiger partial charge in [-0.2, -0.15) is 18.3 Å². The van der Waals surface area contributed by atoms with E-state index >= 15 is 0 Å². The Morgan fingerprint density at radius 2 is 1.81 bits per heavy atom. The lowest BCUT2D eigenvalue weighted by Crippen LogP contribution is -2.51. The summed E-state index contributed by atoms with van der Waals surface area (Å²) in [5, 5.41) is 8.34. The molecular formula is C21H21F3N6O2. The van der Waals surface area contributed by atoms with Crippen molar-refractivity contribution in [2.45, 2.75) is 19.1 Å². The summed E-state index contributed by atoms with van der Waals surface area (Å²) < 4.78 is 41.6. The summed E-state index contributed by atoms with van der Waals surface area (Å²) >= 11 is 0. The number of nitrogens with zero attached hydrogens (tertiary/aromatic N) is 6. The van der Waals surface area contributed by atoms with Crippen molar-refractivity contribution >= 4 is 11.6 Å². The van der Waals surface area contributed by atoms with Gasteiger partial charge in [0.05, 0.1) is 5.56 Å². The number of rotatable bonds is 4. The van der Waals surface area contributed by atoms with E-state index in [1.165, 1.54) is 22.9 Å². The SMILES string of the molecule is C[C@H](C(=O)N1CCN(c2cccc(C(F)(F)F)c2)CC1)n1nc(-n2cccn2)ccc1=O. The van der Waals surface area contributed by atoms with Crippen molar-refractivity contribution in [3.8, 4) is 5.82 Å². The lowest BCUT2D eigenvalue weighted by Gasteiger charge is -2.37. The average molecular weight is 446 g/mol. The Kier molecular flexibility index (Phi) is 5.72. The standard InChI is InChI=1S/C21H21F3N6O2/c1-15(30-19(31)7-6-18(26-30)29-9-3-8-25-29)20(32)28-12-10-27(11-13-28)17-5-2-4-16(14-17)21(22,23)24/h2-9,14-15H,10-13H2,1H3/t15-/m1/s1. The maximum Gasteiger partial charge on any atom is 0.416 e. The van der Waals surface area contributed by atoms with Gasteiger partial charge in [-0.25, -0.2) is 9.36 Å². The van der Waals surface area contributed by atoms with Gasteiger partial charge in [-0.05, 0) is 37.3 Å². The van der Waals surface area contributed by atoms with Gasteiger partial charge < -0.3 is 9.80 Å². The van der Waals surface area contributed by atoms with Crippen molar-refractivity contribution in [1.29, 1.82) is 0 Å². The zero-order valence-electron chi connectivity index (χ0n) is 17.2. The summed E-state index contributed by atoms with van der Waals surface area (Å²) in [5.41, 5.74) is -0.654. The van der Waals surface area contributed by atoms with Gasteiger partial charge in [0, 0.05) is 50.3 Å². The van der Waals surface area contributed by atoms with Crippen LogP contribution >= 0.6 is 0 Å². The van der Waals surface area contributed by atoms with E-state index in [-0.39, 0.29) is 5.91 Å². The normalized spacial score (nSPS) is 15.6. The first-order valence-electron chi connectivity index (χ1n) is 10.0. The second-order valence-electron chi connectivity index (χ2n) is 7.46. The summed E-state index contributed by atoms with van der Waals surface area (Å²) in [4.78, 5) is 28.7. The van der Waals surface area contributed by atoms with Crippen LogP contribution in [0.2, 0.25) is 0 Å². The molecule has 2 aromatic heterocycles. The number of benzene rings is 1. The minimum Gasteiger partial charge on any atom is -0.368 e. The first-order valence-corrected chi connectivity index (χ1v) is 10.0. The van der Waals surface area contributed by atoms with Gasteiger partial charge in [-0.15, -0.1) is 5.10 Å². The van der Waals surface area contributed by atoms with Crippen molar-refractivity contribution in [2.24, 2.45) is 0 Å². The van der Waals surface area contributed by atoms with Gasteiger partial charge in [-0.1, -0.05) is 6.07 Å². The van der Waals surface area contributed by atoms with E-state index in [2.05, 4.69) is 10.2 Å². The third-order valence-corrected chi connectivity index (χ3v) is 5.40. The second-order valence-corrected chi connectivity index (χ2v) is 7.46. The molecule has 1 aliphatic heterocycles. The molecular weight excluding hydrogens is 425 g/mol. The predicted octanol–water partition coefficient (Wildman–Crippen LogP) is 2.36. The van der Waals surface area contributed by atoms with Gasteiger partial charge in [0.1, 0.15) is 6.04 Å². The molecule has 1 aromatic carbocycles. The molecule has 1 aliphatic rings. The second kappa shape index (κ2) is 8.48. The van der Waals surface area contributed by atoms with Crippen LogP contribution < -0.4 is 10.5 Å². The number of piperazine rings is 1. The van der Waals surface area contributed by atoms with Gasteiger partial charge in [0.25, 0.3) is 5.56 Å². The lowest BCUT2D eigenvalue weighted by molar-refractivity contribution is -0.137. The minimum atomic E-state index is -4.41. The molecule has 11 heteroatoms. The molecule has 0 spiro atoms. The molecule has 0 unspecified atom stereocenters. The van der Waals surface area contributed by atoms with Crippen LogP contribution in [0.3, 0.4) is 0 Å². The monoisotopic (exact) mass is 446 g/mol. The maximum absolute atomic E-state index is 13.0. The summed E-state index contributed by atoms with van der Waals surface area (Å²) in [5.74, 6) is 0.129. The molecule has 1 saturated heterocycles. The van der Waals surface area contributed by atoms with Crippen molar-refractivity contribution in [1.82, 2.24) is 24.5 Å². The smallest absolute Gasteiger partial charge is 0.368 e. The number of anilines is 1. The Bertz CT molecular complexity index is 1150. The molecule has 0 aliphatic carbocycles. The van der Waals surface area contributed by atoms with Gasteiger partial charge in [-0.3, -0.25) is 9.59 Å². The van der Waals surface area contributed by atoms with E-state index in [1.807, 2.05) is 4.90 Å². The van der Waals surface area contributed by atoms with Crippen LogP contribution in [0.4, 0.5) is 18.9 Å². The Labute approximate surface area is 181 Å².